The van der Waals surface area contributed by atoms with Gasteiger partial charge in [-0.25, -0.2) is 4.98 Å². The Balaban J connectivity index is 1.79. The molecule has 7 heteroatoms. The van der Waals surface area contributed by atoms with E-state index in [1.165, 1.54) is 19.3 Å². The van der Waals surface area contributed by atoms with E-state index in [-0.39, 0.29) is 0 Å². The van der Waals surface area contributed by atoms with Crippen LogP contribution in [0.1, 0.15) is 32.6 Å². The van der Waals surface area contributed by atoms with Gasteiger partial charge in [0.1, 0.15) is 18.1 Å². The molecule has 0 aliphatic carbocycles. The van der Waals surface area contributed by atoms with Crippen molar-refractivity contribution in [3.05, 3.63) is 30.9 Å². The Hall–Kier alpha value is -2.12. The lowest BCUT2D eigenvalue weighted by molar-refractivity contribution is 0.0899. The summed E-state index contributed by atoms with van der Waals surface area (Å²) in [5.41, 5.74) is 3.10. The zero-order valence-electron chi connectivity index (χ0n) is 19.1. The molecule has 0 aromatic carbocycles. The topological polar surface area (TPSA) is 54.1 Å². The summed E-state index contributed by atoms with van der Waals surface area (Å²) in [4.78, 5) is 4.72. The van der Waals surface area contributed by atoms with Crippen LogP contribution in [0.2, 0.25) is 25.7 Å². The Kier molecular flexibility index (Phi) is 7.72. The van der Waals surface area contributed by atoms with Crippen LogP contribution in [0, 0.1) is 0 Å². The summed E-state index contributed by atoms with van der Waals surface area (Å²) in [7, 11) is 0.836. The largest absolute Gasteiger partial charge is 0.492 e. The van der Waals surface area contributed by atoms with E-state index in [0.717, 1.165) is 53.6 Å². The molecule has 0 amide bonds. The highest BCUT2D eigenvalue weighted by Gasteiger charge is 2.15. The van der Waals surface area contributed by atoms with Crippen LogP contribution in [0.25, 0.3) is 22.2 Å². The first-order valence-electron chi connectivity index (χ1n) is 11.1. The van der Waals surface area contributed by atoms with Gasteiger partial charge in [0.05, 0.1) is 19.0 Å². The first-order valence-corrected chi connectivity index (χ1v) is 14.8. The fraction of sp³-hybridized carbons (Fsp3) is 0.565. The summed E-state index contributed by atoms with van der Waals surface area (Å²) >= 11 is 0. The summed E-state index contributed by atoms with van der Waals surface area (Å²) in [6, 6.07) is 3.26. The highest BCUT2D eigenvalue weighted by atomic mass is 28.3. The van der Waals surface area contributed by atoms with Gasteiger partial charge in [-0.1, -0.05) is 45.8 Å². The highest BCUT2D eigenvalue weighted by Crippen LogP contribution is 2.32. The minimum atomic E-state index is -1.10. The lowest BCUT2D eigenvalue weighted by Gasteiger charge is -2.15. The van der Waals surface area contributed by atoms with E-state index < -0.39 is 8.07 Å². The maximum atomic E-state index is 6.00. The van der Waals surface area contributed by atoms with Gasteiger partial charge in [-0.05, 0) is 18.5 Å². The second-order valence-electron chi connectivity index (χ2n) is 9.21. The third-order valence-electron chi connectivity index (χ3n) is 5.20. The minimum absolute atomic E-state index is 0.505. The fourth-order valence-corrected chi connectivity index (χ4v) is 4.14. The monoisotopic (exact) mass is 428 g/mol. The lowest BCUT2D eigenvalue weighted by atomic mass is 10.1. The van der Waals surface area contributed by atoms with Crippen LogP contribution in [0.4, 0.5) is 0 Å². The van der Waals surface area contributed by atoms with E-state index in [1.54, 1.807) is 0 Å². The minimum Gasteiger partial charge on any atom is -0.492 e. The lowest BCUT2D eigenvalue weighted by Crippen LogP contribution is -2.22. The molecule has 0 radical (unpaired) electrons. The SMILES string of the molecule is CCCCCCOc1cnc2c(c1)c(-c1cnn(C)c1)cn2COCC[Si](C)(C)C. The molecular formula is C23H36N4O2Si. The molecule has 0 saturated heterocycles. The second-order valence-corrected chi connectivity index (χ2v) is 14.8. The molecule has 3 heterocycles. The first-order chi connectivity index (χ1) is 14.4. The summed E-state index contributed by atoms with van der Waals surface area (Å²) < 4.78 is 15.9. The molecule has 0 spiro atoms. The van der Waals surface area contributed by atoms with E-state index in [4.69, 9.17) is 14.5 Å². The van der Waals surface area contributed by atoms with Crippen molar-refractivity contribution in [1.29, 1.82) is 0 Å². The Morgan fingerprint density at radius 3 is 2.57 bits per heavy atom. The van der Waals surface area contributed by atoms with Gasteiger partial charge in [0, 0.05) is 50.6 Å². The zero-order chi connectivity index (χ0) is 21.6. The Morgan fingerprint density at radius 2 is 1.87 bits per heavy atom. The second kappa shape index (κ2) is 10.3. The summed E-state index contributed by atoms with van der Waals surface area (Å²) in [6.45, 7) is 11.4. The maximum Gasteiger partial charge on any atom is 0.142 e. The zero-order valence-corrected chi connectivity index (χ0v) is 20.1. The van der Waals surface area contributed by atoms with Crippen molar-refractivity contribution in [2.75, 3.05) is 13.2 Å². The number of fused-ring (bicyclic) bond motifs is 1. The number of rotatable bonds is 12. The molecule has 0 aliphatic heterocycles. The van der Waals surface area contributed by atoms with Crippen molar-refractivity contribution >= 4 is 19.1 Å². The van der Waals surface area contributed by atoms with Crippen LogP contribution < -0.4 is 4.74 Å². The number of nitrogens with zero attached hydrogens (tertiary/aromatic N) is 4. The fourth-order valence-electron chi connectivity index (χ4n) is 3.38. The van der Waals surface area contributed by atoms with Gasteiger partial charge in [0.25, 0.3) is 0 Å². The summed E-state index contributed by atoms with van der Waals surface area (Å²) in [5.74, 6) is 0.821. The third kappa shape index (κ3) is 6.19. The number of aryl methyl sites for hydroxylation is 1. The standard InChI is InChI=1S/C23H36N4O2Si/c1-6-7-8-9-10-29-20-13-21-22(19-14-25-26(2)16-19)17-27(23(21)24-15-20)18-28-11-12-30(3,4)5/h13-17H,6-12,18H2,1-5H3. The Bertz CT molecular complexity index is 942. The average Bonchev–Trinajstić information content (AvgIpc) is 3.27. The molecule has 0 unspecified atom stereocenters. The van der Waals surface area contributed by atoms with Gasteiger partial charge in [-0.15, -0.1) is 0 Å². The van der Waals surface area contributed by atoms with Crippen molar-refractivity contribution in [2.45, 2.75) is 65.0 Å². The van der Waals surface area contributed by atoms with Crippen LogP contribution in [0.15, 0.2) is 30.9 Å². The number of hydrogen-bond donors (Lipinski definition) is 0. The number of hydrogen-bond acceptors (Lipinski definition) is 4. The summed E-state index contributed by atoms with van der Waals surface area (Å²) in [6.07, 6.45) is 12.6. The van der Waals surface area contributed by atoms with Crippen LogP contribution in [-0.2, 0) is 18.5 Å². The van der Waals surface area contributed by atoms with Crippen LogP contribution >= 0.6 is 0 Å². The number of ether oxygens (including phenoxy) is 2. The van der Waals surface area contributed by atoms with Gasteiger partial charge >= 0.3 is 0 Å². The van der Waals surface area contributed by atoms with E-state index in [0.29, 0.717) is 6.73 Å². The molecule has 6 nitrogen and oxygen atoms in total. The van der Waals surface area contributed by atoms with Crippen molar-refractivity contribution in [2.24, 2.45) is 7.05 Å². The third-order valence-corrected chi connectivity index (χ3v) is 6.90. The molecule has 164 valence electrons. The molecule has 0 aliphatic rings. The average molecular weight is 429 g/mol. The maximum absolute atomic E-state index is 6.00. The number of unbranched alkanes of at least 4 members (excludes halogenated alkanes) is 3. The molecule has 3 aromatic heterocycles. The quantitative estimate of drug-likeness (QED) is 0.274. The van der Waals surface area contributed by atoms with Gasteiger partial charge < -0.3 is 14.0 Å². The van der Waals surface area contributed by atoms with Gasteiger partial charge in [0.2, 0.25) is 0 Å². The van der Waals surface area contributed by atoms with E-state index in [9.17, 15) is 0 Å². The molecule has 0 atom stereocenters. The Morgan fingerprint density at radius 1 is 1.03 bits per heavy atom. The van der Waals surface area contributed by atoms with Crippen LogP contribution in [0.3, 0.4) is 0 Å². The van der Waals surface area contributed by atoms with Crippen LogP contribution in [-0.4, -0.2) is 40.6 Å². The Labute approximate surface area is 181 Å². The van der Waals surface area contributed by atoms with Crippen LogP contribution in [0.5, 0.6) is 5.75 Å². The molecular weight excluding hydrogens is 392 g/mol. The predicted octanol–water partition coefficient (Wildman–Crippen LogP) is 5.71. The number of pyridine rings is 1. The number of aromatic nitrogens is 4. The van der Waals surface area contributed by atoms with Gasteiger partial charge in [-0.2, -0.15) is 5.10 Å². The summed E-state index contributed by atoms with van der Waals surface area (Å²) in [5, 5.41) is 5.41. The smallest absolute Gasteiger partial charge is 0.142 e. The normalized spacial score (nSPS) is 12.0. The molecule has 3 aromatic rings. The first kappa shape index (κ1) is 22.6. The van der Waals surface area contributed by atoms with E-state index >= 15 is 0 Å². The molecule has 0 bridgehead atoms. The molecule has 3 rings (SSSR count). The molecule has 0 N–H and O–H groups in total. The molecule has 0 fully saturated rings. The van der Waals surface area contributed by atoms with Gasteiger partial charge in [0.15, 0.2) is 0 Å². The highest BCUT2D eigenvalue weighted by molar-refractivity contribution is 6.76. The molecule has 0 saturated carbocycles. The van der Waals surface area contributed by atoms with Crippen molar-refractivity contribution in [3.8, 4) is 16.9 Å². The van der Waals surface area contributed by atoms with E-state index in [1.807, 2.05) is 30.3 Å². The van der Waals surface area contributed by atoms with Crippen molar-refractivity contribution in [3.63, 3.8) is 0 Å². The molecule has 30 heavy (non-hydrogen) atoms. The van der Waals surface area contributed by atoms with Gasteiger partial charge in [-0.3, -0.25) is 4.68 Å². The van der Waals surface area contributed by atoms with Crippen molar-refractivity contribution in [1.82, 2.24) is 19.3 Å². The van der Waals surface area contributed by atoms with Crippen molar-refractivity contribution < 1.29 is 9.47 Å². The van der Waals surface area contributed by atoms with E-state index in [2.05, 4.69) is 48.5 Å². The predicted molar refractivity (Wildman–Crippen MR) is 126 cm³/mol.